The van der Waals surface area contributed by atoms with Crippen LogP contribution in [0.4, 0.5) is 16.3 Å². The SMILES string of the molecule is CCOc1nn(-c2ccccc2)c(NC(N)=O)c1C.Cc1ccccc1N1CCC(c2ccccc2)C1. The zero-order valence-electron chi connectivity index (χ0n) is 21.7. The summed E-state index contributed by atoms with van der Waals surface area (Å²) in [5.74, 6) is 1.68. The number of carbonyl (C=O) groups is 1. The molecule has 1 aromatic heterocycles. The van der Waals surface area contributed by atoms with Crippen LogP contribution in [0.25, 0.3) is 5.69 Å². The minimum absolute atomic E-state index is 0.482. The van der Waals surface area contributed by atoms with E-state index >= 15 is 0 Å². The summed E-state index contributed by atoms with van der Waals surface area (Å²) in [5.41, 5.74) is 11.0. The van der Waals surface area contributed by atoms with Crippen molar-refractivity contribution in [1.82, 2.24) is 9.78 Å². The minimum Gasteiger partial charge on any atom is -0.477 e. The van der Waals surface area contributed by atoms with Gasteiger partial charge < -0.3 is 15.4 Å². The van der Waals surface area contributed by atoms with E-state index in [9.17, 15) is 4.79 Å². The molecule has 192 valence electrons. The van der Waals surface area contributed by atoms with Gasteiger partial charge in [0.1, 0.15) is 5.82 Å². The molecular formula is C30H35N5O2. The number of para-hydroxylation sites is 2. The fourth-order valence-electron chi connectivity index (χ4n) is 4.66. The van der Waals surface area contributed by atoms with Crippen LogP contribution in [-0.4, -0.2) is 35.5 Å². The summed E-state index contributed by atoms with van der Waals surface area (Å²) >= 11 is 0. The van der Waals surface area contributed by atoms with Crippen molar-refractivity contribution in [3.05, 3.63) is 102 Å². The van der Waals surface area contributed by atoms with Crippen molar-refractivity contribution in [3.63, 3.8) is 0 Å². The maximum atomic E-state index is 11.1. The predicted molar refractivity (Wildman–Crippen MR) is 150 cm³/mol. The summed E-state index contributed by atoms with van der Waals surface area (Å²) in [6, 6.07) is 28.4. The molecule has 1 unspecified atom stereocenters. The normalized spacial score (nSPS) is 14.6. The maximum absolute atomic E-state index is 11.1. The number of hydrogen-bond acceptors (Lipinski definition) is 4. The zero-order valence-corrected chi connectivity index (χ0v) is 21.7. The maximum Gasteiger partial charge on any atom is 0.317 e. The second-order valence-corrected chi connectivity index (χ2v) is 9.08. The Morgan fingerprint density at radius 3 is 2.30 bits per heavy atom. The Balaban J connectivity index is 0.000000173. The number of nitrogens with zero attached hydrogens (tertiary/aromatic N) is 3. The quantitative estimate of drug-likeness (QED) is 0.339. The molecule has 2 heterocycles. The second kappa shape index (κ2) is 12.1. The molecule has 0 aliphatic carbocycles. The van der Waals surface area contributed by atoms with Crippen molar-refractivity contribution < 1.29 is 9.53 Å². The highest BCUT2D eigenvalue weighted by atomic mass is 16.5. The summed E-state index contributed by atoms with van der Waals surface area (Å²) in [7, 11) is 0. The lowest BCUT2D eigenvalue weighted by molar-refractivity contribution is 0.259. The van der Waals surface area contributed by atoms with Gasteiger partial charge in [0.25, 0.3) is 0 Å². The molecule has 1 aliphatic heterocycles. The number of nitrogens with one attached hydrogen (secondary N) is 1. The Kier molecular flexibility index (Phi) is 8.46. The minimum atomic E-state index is -0.636. The average Bonchev–Trinajstić information content (AvgIpc) is 3.52. The van der Waals surface area contributed by atoms with E-state index in [1.54, 1.807) is 4.68 Å². The van der Waals surface area contributed by atoms with Gasteiger partial charge in [0.15, 0.2) is 0 Å². The summed E-state index contributed by atoms with van der Waals surface area (Å²) in [4.78, 5) is 13.6. The molecule has 3 N–H and O–H groups in total. The van der Waals surface area contributed by atoms with Crippen molar-refractivity contribution in [2.45, 2.75) is 33.1 Å². The third-order valence-corrected chi connectivity index (χ3v) is 6.52. The topological polar surface area (TPSA) is 85.4 Å². The third kappa shape index (κ3) is 6.30. The standard InChI is InChI=1S/C17H19N.C13H16N4O2/c1-14-7-5-6-10-17(14)18-12-11-16(13-18)15-8-3-2-4-9-15;1-3-19-12-9(2)11(15-13(14)18)17(16-12)10-7-5-4-6-8-10/h2-10,16H,11-13H2,1H3;4-8H,3H2,1-2H3,(H3,14,15,18). The Bertz CT molecular complexity index is 1300. The number of nitrogens with two attached hydrogens (primary N) is 1. The number of hydrogen-bond donors (Lipinski definition) is 2. The van der Waals surface area contributed by atoms with Gasteiger partial charge in [0, 0.05) is 24.7 Å². The number of amides is 2. The summed E-state index contributed by atoms with van der Waals surface area (Å²) < 4.78 is 7.04. The van der Waals surface area contributed by atoms with Crippen molar-refractivity contribution in [3.8, 4) is 11.6 Å². The second-order valence-electron chi connectivity index (χ2n) is 9.08. The van der Waals surface area contributed by atoms with Crippen LogP contribution in [0.3, 0.4) is 0 Å². The lowest BCUT2D eigenvalue weighted by atomic mass is 9.99. The lowest BCUT2D eigenvalue weighted by Gasteiger charge is -2.21. The van der Waals surface area contributed by atoms with E-state index in [-0.39, 0.29) is 0 Å². The summed E-state index contributed by atoms with van der Waals surface area (Å²) in [6.07, 6.45) is 1.26. The first-order chi connectivity index (χ1) is 18.0. The van der Waals surface area contributed by atoms with Crippen LogP contribution in [0, 0.1) is 13.8 Å². The third-order valence-electron chi connectivity index (χ3n) is 6.52. The summed E-state index contributed by atoms with van der Waals surface area (Å²) in [6.45, 7) is 8.72. The monoisotopic (exact) mass is 497 g/mol. The van der Waals surface area contributed by atoms with Crippen LogP contribution in [0.2, 0.25) is 0 Å². The molecular weight excluding hydrogens is 462 g/mol. The fraction of sp³-hybridized carbons (Fsp3) is 0.267. The Morgan fingerprint density at radius 1 is 1.00 bits per heavy atom. The van der Waals surface area contributed by atoms with Crippen LogP contribution >= 0.6 is 0 Å². The highest BCUT2D eigenvalue weighted by molar-refractivity contribution is 5.88. The van der Waals surface area contributed by atoms with Crippen LogP contribution < -0.4 is 20.7 Å². The van der Waals surface area contributed by atoms with Gasteiger partial charge in [-0.2, -0.15) is 0 Å². The van der Waals surface area contributed by atoms with Gasteiger partial charge in [-0.25, -0.2) is 9.48 Å². The number of aromatic nitrogens is 2. The molecule has 7 nitrogen and oxygen atoms in total. The number of benzene rings is 3. The highest BCUT2D eigenvalue weighted by Gasteiger charge is 2.24. The average molecular weight is 498 g/mol. The van der Waals surface area contributed by atoms with Gasteiger partial charge in [-0.3, -0.25) is 5.32 Å². The van der Waals surface area contributed by atoms with E-state index in [1.165, 1.54) is 29.8 Å². The number of aryl methyl sites for hydroxylation is 1. The highest BCUT2D eigenvalue weighted by Crippen LogP contribution is 2.32. The van der Waals surface area contributed by atoms with Crippen molar-refractivity contribution >= 4 is 17.5 Å². The largest absolute Gasteiger partial charge is 0.477 e. The first-order valence-electron chi connectivity index (χ1n) is 12.7. The van der Waals surface area contributed by atoms with Gasteiger partial charge in [-0.15, -0.1) is 5.10 Å². The molecule has 7 heteroatoms. The molecule has 5 rings (SSSR count). The first-order valence-corrected chi connectivity index (χ1v) is 12.7. The van der Waals surface area contributed by atoms with Crippen LogP contribution in [0.15, 0.2) is 84.9 Å². The van der Waals surface area contributed by atoms with Crippen LogP contribution in [-0.2, 0) is 0 Å². The van der Waals surface area contributed by atoms with E-state index in [1.807, 2.05) is 44.2 Å². The molecule has 1 fully saturated rings. The summed E-state index contributed by atoms with van der Waals surface area (Å²) in [5, 5.41) is 6.93. The van der Waals surface area contributed by atoms with Crippen LogP contribution in [0.1, 0.15) is 36.0 Å². The van der Waals surface area contributed by atoms with Gasteiger partial charge in [-0.1, -0.05) is 66.7 Å². The van der Waals surface area contributed by atoms with Crippen molar-refractivity contribution in [2.75, 3.05) is 29.9 Å². The number of urea groups is 1. The number of carbonyl (C=O) groups excluding carboxylic acids is 1. The van der Waals surface area contributed by atoms with E-state index in [0.29, 0.717) is 24.2 Å². The Hall–Kier alpha value is -4.26. The molecule has 0 spiro atoms. The molecule has 1 saturated heterocycles. The predicted octanol–water partition coefficient (Wildman–Crippen LogP) is 6.06. The number of ether oxygens (including phenoxy) is 1. The molecule has 0 bridgehead atoms. The first kappa shape index (κ1) is 25.8. The molecule has 1 atom stereocenters. The van der Waals surface area contributed by atoms with Crippen LogP contribution in [0.5, 0.6) is 5.88 Å². The number of rotatable bonds is 6. The number of anilines is 2. The molecule has 2 amide bonds. The molecule has 3 aromatic carbocycles. The van der Waals surface area contributed by atoms with E-state index in [0.717, 1.165) is 17.8 Å². The molecule has 1 aliphatic rings. The lowest BCUT2D eigenvalue weighted by Crippen LogP contribution is -2.21. The van der Waals surface area contributed by atoms with Gasteiger partial charge in [0.05, 0.1) is 17.9 Å². The number of primary amides is 1. The smallest absolute Gasteiger partial charge is 0.317 e. The Labute approximate surface area is 218 Å². The molecule has 37 heavy (non-hydrogen) atoms. The fourth-order valence-corrected chi connectivity index (χ4v) is 4.66. The molecule has 0 saturated carbocycles. The van der Waals surface area contributed by atoms with E-state index in [2.05, 4.69) is 76.8 Å². The van der Waals surface area contributed by atoms with Gasteiger partial charge in [0.2, 0.25) is 5.88 Å². The van der Waals surface area contributed by atoms with E-state index < -0.39 is 6.03 Å². The van der Waals surface area contributed by atoms with E-state index in [4.69, 9.17) is 10.5 Å². The van der Waals surface area contributed by atoms with Gasteiger partial charge in [-0.05, 0) is 56.5 Å². The Morgan fingerprint density at radius 2 is 1.65 bits per heavy atom. The molecule has 4 aromatic rings. The van der Waals surface area contributed by atoms with Crippen molar-refractivity contribution in [1.29, 1.82) is 0 Å². The molecule has 0 radical (unpaired) electrons. The van der Waals surface area contributed by atoms with Crippen molar-refractivity contribution in [2.24, 2.45) is 5.73 Å². The van der Waals surface area contributed by atoms with Gasteiger partial charge >= 0.3 is 6.03 Å². The zero-order chi connectivity index (χ0) is 26.2.